The summed E-state index contributed by atoms with van der Waals surface area (Å²) in [6.45, 7) is 0.815. The minimum absolute atomic E-state index is 0.100. The van der Waals surface area contributed by atoms with Gasteiger partial charge in [0.25, 0.3) is 0 Å². The average Bonchev–Trinajstić information content (AvgIpc) is 2.85. The molecule has 1 aromatic heterocycles. The van der Waals surface area contributed by atoms with E-state index in [-0.39, 0.29) is 12.0 Å². The topological polar surface area (TPSA) is 67.3 Å². The number of nitrogens with one attached hydrogen (secondary N) is 1. The number of aromatic nitrogens is 2. The zero-order valence-electron chi connectivity index (χ0n) is 10.6. The fraction of sp³-hybridized carbons (Fsp3) is 0.545. The molecule has 110 valence electrons. The van der Waals surface area contributed by atoms with Crippen LogP contribution < -0.4 is 5.32 Å². The minimum atomic E-state index is -4.51. The lowest BCUT2D eigenvalue weighted by Gasteiger charge is -2.15. The molecule has 6 nitrogen and oxygen atoms in total. The van der Waals surface area contributed by atoms with Crippen LogP contribution >= 0.6 is 0 Å². The number of likely N-dealkylation sites (tertiary alicyclic amines) is 1. The summed E-state index contributed by atoms with van der Waals surface area (Å²) in [4.78, 5) is 19.9. The van der Waals surface area contributed by atoms with Crippen molar-refractivity contribution in [2.75, 3.05) is 25.5 Å². The molecule has 0 radical (unpaired) electrons. The van der Waals surface area contributed by atoms with Crippen molar-refractivity contribution in [3.8, 4) is 0 Å². The quantitative estimate of drug-likeness (QED) is 0.898. The summed E-state index contributed by atoms with van der Waals surface area (Å²) >= 11 is 0. The molecule has 1 unspecified atom stereocenters. The summed E-state index contributed by atoms with van der Waals surface area (Å²) in [7, 11) is 1.28. The number of carbonyl (C=O) groups excluding carboxylic acids is 1. The number of ether oxygens (including phenoxy) is 1. The fourth-order valence-corrected chi connectivity index (χ4v) is 1.94. The Kier molecular flexibility index (Phi) is 3.96. The zero-order valence-corrected chi connectivity index (χ0v) is 10.6. The van der Waals surface area contributed by atoms with Crippen LogP contribution in [0, 0.1) is 0 Å². The van der Waals surface area contributed by atoms with E-state index in [1.807, 2.05) is 0 Å². The van der Waals surface area contributed by atoms with Crippen LogP contribution in [-0.2, 0) is 10.9 Å². The van der Waals surface area contributed by atoms with Crippen LogP contribution in [0.15, 0.2) is 12.3 Å². The molecule has 0 saturated carbocycles. The monoisotopic (exact) mass is 290 g/mol. The van der Waals surface area contributed by atoms with E-state index in [1.54, 1.807) is 0 Å². The second-order valence-electron chi connectivity index (χ2n) is 4.31. The number of anilines is 1. The Morgan fingerprint density at radius 2 is 2.30 bits per heavy atom. The van der Waals surface area contributed by atoms with Crippen LogP contribution in [0.3, 0.4) is 0 Å². The molecule has 20 heavy (non-hydrogen) atoms. The van der Waals surface area contributed by atoms with E-state index in [0.717, 1.165) is 12.3 Å². The third-order valence-corrected chi connectivity index (χ3v) is 2.90. The van der Waals surface area contributed by atoms with Gasteiger partial charge in [-0.3, -0.25) is 0 Å². The molecule has 1 N–H and O–H groups in total. The summed E-state index contributed by atoms with van der Waals surface area (Å²) in [5, 5.41) is 2.79. The number of amides is 1. The van der Waals surface area contributed by atoms with Gasteiger partial charge in [-0.05, 0) is 12.5 Å². The lowest BCUT2D eigenvalue weighted by atomic mass is 10.3. The Morgan fingerprint density at radius 3 is 2.95 bits per heavy atom. The summed E-state index contributed by atoms with van der Waals surface area (Å²) in [5.41, 5.74) is -1.00. The maximum atomic E-state index is 12.5. The first kappa shape index (κ1) is 14.4. The molecule has 1 aliphatic heterocycles. The van der Waals surface area contributed by atoms with Gasteiger partial charge in [-0.15, -0.1) is 0 Å². The molecule has 2 rings (SSSR count). The van der Waals surface area contributed by atoms with Crippen molar-refractivity contribution in [2.45, 2.75) is 18.6 Å². The number of methoxy groups -OCH3 is 1. The third-order valence-electron chi connectivity index (χ3n) is 2.90. The molecule has 0 aromatic carbocycles. The zero-order chi connectivity index (χ0) is 14.8. The number of halogens is 3. The van der Waals surface area contributed by atoms with Crippen LogP contribution in [0.4, 0.5) is 23.9 Å². The first-order valence-electron chi connectivity index (χ1n) is 5.90. The first-order valence-corrected chi connectivity index (χ1v) is 5.90. The van der Waals surface area contributed by atoms with E-state index >= 15 is 0 Å². The number of hydrogen-bond donors (Lipinski definition) is 1. The predicted octanol–water partition coefficient (Wildman–Crippen LogP) is 1.75. The molecule has 1 amide bonds. The van der Waals surface area contributed by atoms with Crippen molar-refractivity contribution in [1.29, 1.82) is 0 Å². The van der Waals surface area contributed by atoms with Crippen LogP contribution in [0.2, 0.25) is 0 Å². The van der Waals surface area contributed by atoms with Gasteiger partial charge >= 0.3 is 12.3 Å². The van der Waals surface area contributed by atoms with E-state index in [2.05, 4.69) is 20.0 Å². The minimum Gasteiger partial charge on any atom is -0.453 e. The average molecular weight is 290 g/mol. The Bertz CT molecular complexity index is 495. The van der Waals surface area contributed by atoms with Gasteiger partial charge in [-0.2, -0.15) is 13.2 Å². The van der Waals surface area contributed by atoms with E-state index in [0.29, 0.717) is 19.5 Å². The molecule has 0 aliphatic carbocycles. The Balaban J connectivity index is 2.00. The maximum absolute atomic E-state index is 12.5. The highest BCUT2D eigenvalue weighted by molar-refractivity contribution is 5.67. The SMILES string of the molecule is COC(=O)N1CCC(Nc2nccc(C(F)(F)F)n2)C1. The molecular weight excluding hydrogens is 277 g/mol. The van der Waals surface area contributed by atoms with Crippen molar-refractivity contribution < 1.29 is 22.7 Å². The van der Waals surface area contributed by atoms with E-state index in [1.165, 1.54) is 12.0 Å². The molecule has 0 bridgehead atoms. The molecule has 2 heterocycles. The van der Waals surface area contributed by atoms with Gasteiger partial charge in [0.05, 0.1) is 7.11 Å². The van der Waals surface area contributed by atoms with E-state index < -0.39 is 18.0 Å². The molecule has 9 heteroatoms. The highest BCUT2D eigenvalue weighted by Gasteiger charge is 2.33. The number of alkyl halides is 3. The van der Waals surface area contributed by atoms with Crippen LogP contribution in [0.5, 0.6) is 0 Å². The molecule has 1 fully saturated rings. The molecular formula is C11H13F3N4O2. The smallest absolute Gasteiger partial charge is 0.433 e. The molecule has 1 aromatic rings. The van der Waals surface area contributed by atoms with Crippen LogP contribution in [-0.4, -0.2) is 47.2 Å². The summed E-state index contributed by atoms with van der Waals surface area (Å²) in [6, 6.07) is 0.609. The fourth-order valence-electron chi connectivity index (χ4n) is 1.94. The standard InChI is InChI=1S/C11H13F3N4O2/c1-20-10(19)18-5-3-7(6-18)16-9-15-4-2-8(17-9)11(12,13)14/h2,4,7H,3,5-6H2,1H3,(H,15,16,17). The number of carbonyl (C=O) groups is 1. The van der Waals surface area contributed by atoms with Crippen molar-refractivity contribution in [3.63, 3.8) is 0 Å². The van der Waals surface area contributed by atoms with Gasteiger partial charge in [0.15, 0.2) is 0 Å². The van der Waals surface area contributed by atoms with Crippen molar-refractivity contribution >= 4 is 12.0 Å². The van der Waals surface area contributed by atoms with Gasteiger partial charge < -0.3 is 15.0 Å². The van der Waals surface area contributed by atoms with Gasteiger partial charge in [-0.1, -0.05) is 0 Å². The second-order valence-corrected chi connectivity index (χ2v) is 4.31. The summed E-state index contributed by atoms with van der Waals surface area (Å²) < 4.78 is 42.1. The lowest BCUT2D eigenvalue weighted by molar-refractivity contribution is -0.141. The second kappa shape index (κ2) is 5.51. The van der Waals surface area contributed by atoms with Crippen LogP contribution in [0.1, 0.15) is 12.1 Å². The summed E-state index contributed by atoms with van der Waals surface area (Å²) in [5.74, 6) is -0.100. The van der Waals surface area contributed by atoms with Gasteiger partial charge in [0, 0.05) is 25.3 Å². The van der Waals surface area contributed by atoms with E-state index in [9.17, 15) is 18.0 Å². The van der Waals surface area contributed by atoms with Crippen molar-refractivity contribution in [2.24, 2.45) is 0 Å². The maximum Gasteiger partial charge on any atom is 0.433 e. The molecule has 1 saturated heterocycles. The first-order chi connectivity index (χ1) is 9.40. The molecule has 0 spiro atoms. The van der Waals surface area contributed by atoms with Gasteiger partial charge in [0.1, 0.15) is 5.69 Å². The van der Waals surface area contributed by atoms with Gasteiger partial charge in [-0.25, -0.2) is 14.8 Å². The Morgan fingerprint density at radius 1 is 1.55 bits per heavy atom. The predicted molar refractivity (Wildman–Crippen MR) is 63.0 cm³/mol. The highest BCUT2D eigenvalue weighted by atomic mass is 19.4. The van der Waals surface area contributed by atoms with Crippen molar-refractivity contribution in [3.05, 3.63) is 18.0 Å². The number of hydrogen-bond acceptors (Lipinski definition) is 5. The lowest BCUT2D eigenvalue weighted by Crippen LogP contribution is -2.31. The Labute approximate surface area is 113 Å². The molecule has 1 aliphatic rings. The summed E-state index contributed by atoms with van der Waals surface area (Å²) in [6.07, 6.45) is -3.33. The molecule has 1 atom stereocenters. The number of nitrogens with zero attached hydrogens (tertiary/aromatic N) is 3. The van der Waals surface area contributed by atoms with Crippen LogP contribution in [0.25, 0.3) is 0 Å². The normalized spacial score (nSPS) is 19.0. The Hall–Kier alpha value is -2.06. The van der Waals surface area contributed by atoms with E-state index in [4.69, 9.17) is 0 Å². The van der Waals surface area contributed by atoms with Gasteiger partial charge in [0.2, 0.25) is 5.95 Å². The highest BCUT2D eigenvalue weighted by Crippen LogP contribution is 2.27. The van der Waals surface area contributed by atoms with Crippen molar-refractivity contribution in [1.82, 2.24) is 14.9 Å². The number of rotatable bonds is 2. The largest absolute Gasteiger partial charge is 0.453 e. The third kappa shape index (κ3) is 3.28.